The summed E-state index contributed by atoms with van der Waals surface area (Å²) in [5.41, 5.74) is 4.72. The van der Waals surface area contributed by atoms with Crippen LogP contribution in [0.5, 0.6) is 0 Å². The van der Waals surface area contributed by atoms with Crippen LogP contribution in [-0.4, -0.2) is 24.0 Å². The number of ether oxygens (including phenoxy) is 1. The van der Waals surface area contributed by atoms with Gasteiger partial charge in [0, 0.05) is 10.9 Å². The minimum atomic E-state index is -1.17. The standard InChI is InChI=1S/C24H21NO4/c1-14-11-17(13-15-7-9-16(10-8-15)24(28)29-2)22-19(12-14)21(23(26)27)18-5-3-4-6-20(18)25-22/h3-10,13-14H,11-12H2,1-2H3,(H,26,27)/p-1/b17-13+/t14-/m0/s1. The number of allylic oxidation sites excluding steroid dienone is 1. The molecule has 1 aliphatic rings. The number of nitrogens with zero attached hydrogens (tertiary/aromatic N) is 1. The van der Waals surface area contributed by atoms with Crippen molar-refractivity contribution in [3.8, 4) is 0 Å². The highest BCUT2D eigenvalue weighted by atomic mass is 16.5. The third-order valence-corrected chi connectivity index (χ3v) is 5.30. The van der Waals surface area contributed by atoms with Gasteiger partial charge in [-0.25, -0.2) is 9.78 Å². The number of fused-ring (bicyclic) bond motifs is 2. The molecule has 0 amide bonds. The van der Waals surface area contributed by atoms with Crippen molar-refractivity contribution in [3.63, 3.8) is 0 Å². The van der Waals surface area contributed by atoms with Crippen molar-refractivity contribution in [2.75, 3.05) is 7.11 Å². The Morgan fingerprint density at radius 1 is 1.10 bits per heavy atom. The van der Waals surface area contributed by atoms with E-state index in [0.717, 1.165) is 28.8 Å². The van der Waals surface area contributed by atoms with Crippen LogP contribution in [-0.2, 0) is 11.2 Å². The Bertz CT molecular complexity index is 1150. The number of pyridine rings is 1. The van der Waals surface area contributed by atoms with Crippen LogP contribution >= 0.6 is 0 Å². The molecule has 2 aromatic carbocycles. The summed E-state index contributed by atoms with van der Waals surface area (Å²) < 4.78 is 4.74. The number of para-hydroxylation sites is 1. The zero-order chi connectivity index (χ0) is 20.5. The third-order valence-electron chi connectivity index (χ3n) is 5.30. The molecule has 0 aliphatic heterocycles. The highest BCUT2D eigenvalue weighted by Gasteiger charge is 2.25. The summed E-state index contributed by atoms with van der Waals surface area (Å²) >= 11 is 0. The monoisotopic (exact) mass is 386 g/mol. The van der Waals surface area contributed by atoms with E-state index in [0.29, 0.717) is 22.9 Å². The average Bonchev–Trinajstić information content (AvgIpc) is 2.72. The van der Waals surface area contributed by atoms with Gasteiger partial charge >= 0.3 is 5.97 Å². The van der Waals surface area contributed by atoms with Gasteiger partial charge < -0.3 is 14.6 Å². The predicted molar refractivity (Wildman–Crippen MR) is 109 cm³/mol. The van der Waals surface area contributed by atoms with E-state index >= 15 is 0 Å². The molecule has 5 nitrogen and oxygen atoms in total. The summed E-state index contributed by atoms with van der Waals surface area (Å²) in [7, 11) is 1.35. The van der Waals surface area contributed by atoms with Crippen LogP contribution in [0.2, 0.25) is 0 Å². The van der Waals surface area contributed by atoms with Crippen LogP contribution in [0, 0.1) is 5.92 Å². The molecule has 4 rings (SSSR count). The molecule has 1 heterocycles. The number of aromatic carboxylic acids is 1. The molecule has 1 aromatic heterocycles. The van der Waals surface area contributed by atoms with Gasteiger partial charge in [-0.3, -0.25) is 0 Å². The quantitative estimate of drug-likeness (QED) is 0.644. The molecule has 0 fully saturated rings. The fourth-order valence-electron chi connectivity index (χ4n) is 4.00. The van der Waals surface area contributed by atoms with Gasteiger partial charge in [0.25, 0.3) is 0 Å². The minimum Gasteiger partial charge on any atom is -0.545 e. The van der Waals surface area contributed by atoms with Crippen molar-refractivity contribution < 1.29 is 19.4 Å². The lowest BCUT2D eigenvalue weighted by molar-refractivity contribution is -0.254. The van der Waals surface area contributed by atoms with E-state index in [4.69, 9.17) is 9.72 Å². The Morgan fingerprint density at radius 3 is 2.52 bits per heavy atom. The lowest BCUT2D eigenvalue weighted by atomic mass is 9.80. The van der Waals surface area contributed by atoms with E-state index in [1.54, 1.807) is 18.2 Å². The summed E-state index contributed by atoms with van der Waals surface area (Å²) in [6.45, 7) is 2.10. The normalized spacial score (nSPS) is 17.2. The number of aromatic nitrogens is 1. The van der Waals surface area contributed by atoms with Gasteiger partial charge in [0.15, 0.2) is 0 Å². The van der Waals surface area contributed by atoms with E-state index in [1.165, 1.54) is 7.11 Å². The number of carboxylic acid groups (broad SMARTS) is 1. The molecule has 1 aliphatic carbocycles. The smallest absolute Gasteiger partial charge is 0.337 e. The summed E-state index contributed by atoms with van der Waals surface area (Å²) in [5.74, 6) is -1.27. The molecule has 0 unspecified atom stereocenters. The maximum absolute atomic E-state index is 12.0. The number of hydrogen-bond donors (Lipinski definition) is 0. The van der Waals surface area contributed by atoms with Gasteiger partial charge in [0.1, 0.15) is 0 Å². The topological polar surface area (TPSA) is 79.3 Å². The zero-order valence-corrected chi connectivity index (χ0v) is 16.3. The highest BCUT2D eigenvalue weighted by molar-refractivity contribution is 6.05. The summed E-state index contributed by atoms with van der Waals surface area (Å²) in [6.07, 6.45) is 3.45. The summed E-state index contributed by atoms with van der Waals surface area (Å²) in [4.78, 5) is 28.4. The number of hydrogen-bond acceptors (Lipinski definition) is 5. The van der Waals surface area contributed by atoms with Crippen LogP contribution < -0.4 is 5.11 Å². The number of benzene rings is 2. The second kappa shape index (κ2) is 7.51. The molecule has 5 heteroatoms. The maximum Gasteiger partial charge on any atom is 0.337 e. The van der Waals surface area contributed by atoms with E-state index in [9.17, 15) is 14.7 Å². The van der Waals surface area contributed by atoms with Crippen LogP contribution in [0.4, 0.5) is 0 Å². The molecule has 3 aromatic rings. The molecular formula is C24H20NO4-. The third kappa shape index (κ3) is 3.51. The van der Waals surface area contributed by atoms with Crippen molar-refractivity contribution in [1.82, 2.24) is 4.98 Å². The van der Waals surface area contributed by atoms with Crippen LogP contribution in [0.15, 0.2) is 48.5 Å². The first-order chi connectivity index (χ1) is 14.0. The fourth-order valence-corrected chi connectivity index (χ4v) is 4.00. The van der Waals surface area contributed by atoms with Crippen LogP contribution in [0.3, 0.4) is 0 Å². The average molecular weight is 386 g/mol. The zero-order valence-electron chi connectivity index (χ0n) is 16.3. The fraction of sp³-hybridized carbons (Fsp3) is 0.208. The molecule has 0 N–H and O–H groups in total. The molecule has 0 radical (unpaired) electrons. The number of carbonyl (C=O) groups is 2. The molecule has 0 spiro atoms. The van der Waals surface area contributed by atoms with Gasteiger partial charge in [-0.2, -0.15) is 0 Å². The lowest BCUT2D eigenvalue weighted by Gasteiger charge is -2.27. The van der Waals surface area contributed by atoms with Gasteiger partial charge in [0.05, 0.1) is 29.9 Å². The number of methoxy groups -OCH3 is 1. The van der Waals surface area contributed by atoms with Gasteiger partial charge in [-0.1, -0.05) is 37.3 Å². The highest BCUT2D eigenvalue weighted by Crippen LogP contribution is 2.38. The van der Waals surface area contributed by atoms with Crippen molar-refractivity contribution in [3.05, 3.63) is 76.5 Å². The Kier molecular flexibility index (Phi) is 4.89. The van der Waals surface area contributed by atoms with Crippen LogP contribution in [0.1, 0.15) is 50.9 Å². The van der Waals surface area contributed by atoms with Crippen molar-refractivity contribution >= 4 is 34.5 Å². The Hall–Kier alpha value is -3.47. The molecule has 29 heavy (non-hydrogen) atoms. The molecule has 146 valence electrons. The second-order valence-corrected chi connectivity index (χ2v) is 7.42. The van der Waals surface area contributed by atoms with Crippen molar-refractivity contribution in [2.45, 2.75) is 19.8 Å². The summed E-state index contributed by atoms with van der Waals surface area (Å²) in [5, 5.41) is 12.6. The van der Waals surface area contributed by atoms with Crippen molar-refractivity contribution in [1.29, 1.82) is 0 Å². The molecule has 0 saturated heterocycles. The van der Waals surface area contributed by atoms with Crippen LogP contribution in [0.25, 0.3) is 22.6 Å². The molecular weight excluding hydrogens is 366 g/mol. The number of esters is 1. The van der Waals surface area contributed by atoms with E-state index in [2.05, 4.69) is 6.92 Å². The number of carbonyl (C=O) groups excluding carboxylic acids is 2. The minimum absolute atomic E-state index is 0.240. The molecule has 0 bridgehead atoms. The second-order valence-electron chi connectivity index (χ2n) is 7.42. The SMILES string of the molecule is COC(=O)c1ccc(/C=C2\C[C@H](C)Cc3c2nc2ccccc2c3C(=O)[O-])cc1. The van der Waals surface area contributed by atoms with E-state index < -0.39 is 5.97 Å². The maximum atomic E-state index is 12.0. The van der Waals surface area contributed by atoms with Crippen molar-refractivity contribution in [2.24, 2.45) is 5.92 Å². The summed E-state index contributed by atoms with van der Waals surface area (Å²) in [6, 6.07) is 14.4. The Morgan fingerprint density at radius 2 is 1.83 bits per heavy atom. The van der Waals surface area contributed by atoms with Gasteiger partial charge in [0.2, 0.25) is 0 Å². The lowest BCUT2D eigenvalue weighted by Crippen LogP contribution is -2.27. The first-order valence-electron chi connectivity index (χ1n) is 9.50. The van der Waals surface area contributed by atoms with E-state index in [-0.39, 0.29) is 17.5 Å². The molecule has 1 atom stereocenters. The first-order valence-corrected chi connectivity index (χ1v) is 9.50. The Labute approximate surface area is 168 Å². The number of rotatable bonds is 3. The number of carboxylic acids is 1. The predicted octanol–water partition coefficient (Wildman–Crippen LogP) is 3.51. The Balaban J connectivity index is 1.87. The first kappa shape index (κ1) is 18.9. The molecule has 0 saturated carbocycles. The van der Waals surface area contributed by atoms with Gasteiger partial charge in [-0.15, -0.1) is 0 Å². The van der Waals surface area contributed by atoms with Gasteiger partial charge in [-0.05, 0) is 59.7 Å². The van der Waals surface area contributed by atoms with E-state index in [1.807, 2.05) is 36.4 Å². The largest absolute Gasteiger partial charge is 0.545 e.